The van der Waals surface area contributed by atoms with Gasteiger partial charge >= 0.3 is 6.18 Å². The van der Waals surface area contributed by atoms with E-state index in [0.29, 0.717) is 45.0 Å². The molecule has 166 valence electrons. The summed E-state index contributed by atoms with van der Waals surface area (Å²) in [5.41, 5.74) is -0.0340. The van der Waals surface area contributed by atoms with E-state index in [4.69, 9.17) is 4.74 Å². The van der Waals surface area contributed by atoms with Gasteiger partial charge in [0.05, 0.1) is 18.7 Å². The van der Waals surface area contributed by atoms with E-state index in [1.54, 1.807) is 29.2 Å². The van der Waals surface area contributed by atoms with Gasteiger partial charge in [-0.1, -0.05) is 12.1 Å². The number of hydrogen-bond acceptors (Lipinski definition) is 7. The van der Waals surface area contributed by atoms with Crippen molar-refractivity contribution < 1.29 is 17.9 Å². The summed E-state index contributed by atoms with van der Waals surface area (Å²) in [6.07, 6.45) is -4.35. The molecule has 0 aliphatic carbocycles. The summed E-state index contributed by atoms with van der Waals surface area (Å²) >= 11 is 1.64. The second kappa shape index (κ2) is 9.33. The van der Waals surface area contributed by atoms with Gasteiger partial charge in [-0.2, -0.15) is 13.2 Å². The molecule has 31 heavy (non-hydrogen) atoms. The van der Waals surface area contributed by atoms with Crippen molar-refractivity contribution in [3.8, 4) is 0 Å². The van der Waals surface area contributed by atoms with E-state index in [2.05, 4.69) is 26.5 Å². The maximum absolute atomic E-state index is 13.1. The Balaban J connectivity index is 1.52. The lowest BCUT2D eigenvalue weighted by atomic mass is 10.1. The smallest absolute Gasteiger partial charge is 0.383 e. The van der Waals surface area contributed by atoms with Crippen LogP contribution in [-0.2, 0) is 17.5 Å². The fourth-order valence-corrected chi connectivity index (χ4v) is 4.63. The zero-order valence-corrected chi connectivity index (χ0v) is 17.8. The summed E-state index contributed by atoms with van der Waals surface area (Å²) in [4.78, 5) is 5.40. The first-order valence-electron chi connectivity index (χ1n) is 9.92. The Bertz CT molecular complexity index is 969. The molecule has 1 aliphatic rings. The fraction of sp³-hybridized carbons (Fsp3) is 0.450. The van der Waals surface area contributed by atoms with E-state index >= 15 is 0 Å². The van der Waals surface area contributed by atoms with Crippen LogP contribution in [0.1, 0.15) is 22.3 Å². The summed E-state index contributed by atoms with van der Waals surface area (Å²) in [6.45, 7) is 3.63. The van der Waals surface area contributed by atoms with E-state index in [0.717, 1.165) is 16.8 Å². The lowest BCUT2D eigenvalue weighted by Gasteiger charge is -2.39. The predicted molar refractivity (Wildman–Crippen MR) is 111 cm³/mol. The monoisotopic (exact) mass is 452 g/mol. The highest BCUT2D eigenvalue weighted by atomic mass is 32.1. The third-order valence-electron chi connectivity index (χ3n) is 5.34. The molecule has 0 spiro atoms. The van der Waals surface area contributed by atoms with Gasteiger partial charge < -0.3 is 9.64 Å². The van der Waals surface area contributed by atoms with Crippen LogP contribution >= 0.6 is 11.3 Å². The number of tetrazole rings is 1. The maximum Gasteiger partial charge on any atom is 0.416 e. The van der Waals surface area contributed by atoms with E-state index in [1.165, 1.54) is 12.1 Å². The van der Waals surface area contributed by atoms with Crippen molar-refractivity contribution in [3.63, 3.8) is 0 Å². The van der Waals surface area contributed by atoms with Crippen LogP contribution < -0.4 is 4.90 Å². The van der Waals surface area contributed by atoms with Gasteiger partial charge in [0.15, 0.2) is 5.82 Å². The standard InChI is InChI=1S/C20H23F3N6OS/c1-30-12-11-29-19(24-25-26-29)18(17-6-3-13-31-17)28-9-7-27(8-10-28)16-5-2-4-15(14-16)20(21,22)23/h2-6,13-14,18H,7-12H2,1H3/t18-/m1/s1. The molecule has 3 aromatic rings. The highest BCUT2D eigenvalue weighted by Crippen LogP contribution is 2.34. The van der Waals surface area contributed by atoms with Crippen molar-refractivity contribution in [2.24, 2.45) is 0 Å². The average molecular weight is 453 g/mol. The van der Waals surface area contributed by atoms with Gasteiger partial charge in [-0.05, 0) is 40.1 Å². The number of methoxy groups -OCH3 is 1. The maximum atomic E-state index is 13.1. The number of alkyl halides is 3. The SMILES string of the molecule is COCCn1nnnc1[C@@H](c1cccs1)N1CCN(c2cccc(C(F)(F)F)c2)CC1. The molecule has 1 aromatic carbocycles. The van der Waals surface area contributed by atoms with Crippen molar-refractivity contribution in [3.05, 3.63) is 58.0 Å². The van der Waals surface area contributed by atoms with Crippen LogP contribution in [-0.4, -0.2) is 65.0 Å². The first-order chi connectivity index (χ1) is 15.0. The molecule has 0 radical (unpaired) electrons. The number of thiophene rings is 1. The number of halogens is 3. The van der Waals surface area contributed by atoms with Crippen LogP contribution in [0.5, 0.6) is 0 Å². The molecule has 0 unspecified atom stereocenters. The summed E-state index contributed by atoms with van der Waals surface area (Å²) in [5.74, 6) is 0.743. The highest BCUT2D eigenvalue weighted by Gasteiger charge is 2.33. The zero-order valence-electron chi connectivity index (χ0n) is 17.0. The molecule has 0 bridgehead atoms. The lowest BCUT2D eigenvalue weighted by Crippen LogP contribution is -2.48. The fourth-order valence-electron chi connectivity index (χ4n) is 3.78. The van der Waals surface area contributed by atoms with Crippen molar-refractivity contribution >= 4 is 17.0 Å². The topological polar surface area (TPSA) is 59.3 Å². The minimum atomic E-state index is -4.35. The lowest BCUT2D eigenvalue weighted by molar-refractivity contribution is -0.137. The number of anilines is 1. The largest absolute Gasteiger partial charge is 0.416 e. The van der Waals surface area contributed by atoms with Gasteiger partial charge in [0.1, 0.15) is 6.04 Å². The molecule has 0 amide bonds. The van der Waals surface area contributed by atoms with Gasteiger partial charge in [0.25, 0.3) is 0 Å². The Hall–Kier alpha value is -2.50. The van der Waals surface area contributed by atoms with Crippen LogP contribution in [0, 0.1) is 0 Å². The van der Waals surface area contributed by atoms with Crippen LogP contribution in [0.2, 0.25) is 0 Å². The van der Waals surface area contributed by atoms with Gasteiger partial charge in [-0.3, -0.25) is 4.90 Å². The van der Waals surface area contributed by atoms with E-state index < -0.39 is 11.7 Å². The number of ether oxygens (including phenoxy) is 1. The van der Waals surface area contributed by atoms with E-state index in [-0.39, 0.29) is 6.04 Å². The Labute approximate surface area is 182 Å². The third-order valence-corrected chi connectivity index (χ3v) is 6.27. The number of nitrogens with zero attached hydrogens (tertiary/aromatic N) is 6. The first kappa shape index (κ1) is 21.7. The molecular weight excluding hydrogens is 429 g/mol. The molecule has 1 aliphatic heterocycles. The second-order valence-corrected chi connectivity index (χ2v) is 8.22. The van der Waals surface area contributed by atoms with Crippen molar-refractivity contribution in [2.75, 3.05) is 44.8 Å². The molecule has 7 nitrogen and oxygen atoms in total. The van der Waals surface area contributed by atoms with Crippen molar-refractivity contribution in [2.45, 2.75) is 18.8 Å². The molecule has 4 rings (SSSR count). The molecule has 0 saturated carbocycles. The van der Waals surface area contributed by atoms with Gasteiger partial charge in [0, 0.05) is 43.9 Å². The number of benzene rings is 1. The second-order valence-electron chi connectivity index (χ2n) is 7.24. The van der Waals surface area contributed by atoms with Crippen LogP contribution in [0.3, 0.4) is 0 Å². The summed E-state index contributed by atoms with van der Waals surface area (Å²) < 4.78 is 46.2. The Morgan fingerprint density at radius 3 is 2.61 bits per heavy atom. The van der Waals surface area contributed by atoms with E-state index in [9.17, 15) is 13.2 Å². The highest BCUT2D eigenvalue weighted by molar-refractivity contribution is 7.10. The molecule has 11 heteroatoms. The van der Waals surface area contributed by atoms with Crippen LogP contribution in [0.25, 0.3) is 0 Å². The van der Waals surface area contributed by atoms with Gasteiger partial charge in [0.2, 0.25) is 0 Å². The molecule has 1 atom stereocenters. The predicted octanol–water partition coefficient (Wildman–Crippen LogP) is 3.31. The number of rotatable bonds is 7. The van der Waals surface area contributed by atoms with Crippen LogP contribution in [0.15, 0.2) is 41.8 Å². The van der Waals surface area contributed by atoms with Gasteiger partial charge in [-0.25, -0.2) is 4.68 Å². The Morgan fingerprint density at radius 2 is 1.94 bits per heavy atom. The normalized spacial score (nSPS) is 16.6. The summed E-state index contributed by atoms with van der Waals surface area (Å²) in [6, 6.07) is 9.45. The van der Waals surface area contributed by atoms with Crippen LogP contribution in [0.4, 0.5) is 18.9 Å². The Kier molecular flexibility index (Phi) is 6.54. The first-order valence-corrected chi connectivity index (χ1v) is 10.8. The number of hydrogen-bond donors (Lipinski definition) is 0. The minimum absolute atomic E-state index is 0.115. The summed E-state index contributed by atoms with van der Waals surface area (Å²) in [5, 5.41) is 14.3. The number of piperazine rings is 1. The number of aromatic nitrogens is 4. The molecule has 1 fully saturated rings. The van der Waals surface area contributed by atoms with Crippen molar-refractivity contribution in [1.29, 1.82) is 0 Å². The molecule has 0 N–H and O–H groups in total. The van der Waals surface area contributed by atoms with E-state index in [1.807, 2.05) is 16.3 Å². The molecular formula is C20H23F3N6OS. The molecule has 1 saturated heterocycles. The van der Waals surface area contributed by atoms with Crippen molar-refractivity contribution in [1.82, 2.24) is 25.1 Å². The molecule has 3 heterocycles. The average Bonchev–Trinajstić information content (AvgIpc) is 3.45. The zero-order chi connectivity index (χ0) is 21.8. The van der Waals surface area contributed by atoms with Gasteiger partial charge in [-0.15, -0.1) is 16.4 Å². The minimum Gasteiger partial charge on any atom is -0.383 e. The quantitative estimate of drug-likeness (QED) is 0.548. The third kappa shape index (κ3) is 4.89. The summed E-state index contributed by atoms with van der Waals surface area (Å²) in [7, 11) is 1.63. The molecule has 2 aromatic heterocycles. The Morgan fingerprint density at radius 1 is 1.13 bits per heavy atom.